The van der Waals surface area contributed by atoms with Crippen LogP contribution < -0.4 is 0 Å². The predicted molar refractivity (Wildman–Crippen MR) is 105 cm³/mol. The van der Waals surface area contributed by atoms with Gasteiger partial charge >= 0.3 is 0 Å². The van der Waals surface area contributed by atoms with Crippen LogP contribution in [0.4, 0.5) is 0 Å². The summed E-state index contributed by atoms with van der Waals surface area (Å²) in [6.07, 6.45) is 0. The molecule has 1 nitrogen and oxygen atoms in total. The molecule has 0 fully saturated rings. The fourth-order valence-electron chi connectivity index (χ4n) is 4.04. The van der Waals surface area contributed by atoms with Crippen LogP contribution in [0.1, 0.15) is 50.7 Å². The molecule has 3 aromatic rings. The van der Waals surface area contributed by atoms with Crippen LogP contribution in [0, 0.1) is 0 Å². The van der Waals surface area contributed by atoms with Crippen LogP contribution in [0.3, 0.4) is 0 Å². The summed E-state index contributed by atoms with van der Waals surface area (Å²) in [7, 11) is 0. The quantitative estimate of drug-likeness (QED) is 0.454. The zero-order valence-electron chi connectivity index (χ0n) is 15.3. The first-order valence-corrected chi connectivity index (χ1v) is 9.04. The first kappa shape index (κ1) is 16.0. The third kappa shape index (κ3) is 2.46. The van der Waals surface area contributed by atoms with Crippen molar-refractivity contribution in [2.45, 2.75) is 39.5 Å². The molecule has 25 heavy (non-hydrogen) atoms. The van der Waals surface area contributed by atoms with Gasteiger partial charge < -0.3 is 4.42 Å². The van der Waals surface area contributed by atoms with E-state index in [0.717, 1.165) is 22.6 Å². The molecule has 1 aliphatic rings. The number of fused-ring (bicyclic) bond motifs is 1. The van der Waals surface area contributed by atoms with E-state index in [1.807, 2.05) is 0 Å². The maximum absolute atomic E-state index is 6.55. The van der Waals surface area contributed by atoms with E-state index in [1.54, 1.807) is 0 Å². The molecule has 2 aromatic carbocycles. The third-order valence-corrected chi connectivity index (χ3v) is 5.84. The zero-order valence-corrected chi connectivity index (χ0v) is 15.3. The first-order chi connectivity index (χ1) is 12.1. The van der Waals surface area contributed by atoms with Crippen molar-refractivity contribution in [3.8, 4) is 22.6 Å². The molecule has 1 aromatic heterocycles. The number of hydrogen-bond donors (Lipinski definition) is 0. The number of benzene rings is 2. The van der Waals surface area contributed by atoms with Gasteiger partial charge in [0.15, 0.2) is 0 Å². The minimum atomic E-state index is 0.377. The fraction of sp³-hybridized carbons (Fsp3) is 0.250. The SMILES string of the molecule is CC1=C(C)C(C)c2c(-c3ccccc3)oc(-c3ccccc3)c2C1C. The molecule has 1 heterocycles. The molecule has 126 valence electrons. The summed E-state index contributed by atoms with van der Waals surface area (Å²) < 4.78 is 6.55. The van der Waals surface area contributed by atoms with E-state index in [0.29, 0.717) is 11.8 Å². The lowest BCUT2D eigenvalue weighted by atomic mass is 9.74. The summed E-state index contributed by atoms with van der Waals surface area (Å²) in [5, 5.41) is 0. The molecular formula is C24H24O. The van der Waals surface area contributed by atoms with Crippen molar-refractivity contribution in [2.75, 3.05) is 0 Å². The van der Waals surface area contributed by atoms with Crippen molar-refractivity contribution in [2.24, 2.45) is 0 Å². The molecule has 1 aliphatic carbocycles. The standard InChI is InChI=1S/C24H24O/c1-15-16(2)18(4)22-21(17(15)3)23(19-11-7-5-8-12-19)25-24(22)20-13-9-6-10-14-20/h5-14,17-18H,1-4H3. The van der Waals surface area contributed by atoms with Gasteiger partial charge in [-0.1, -0.05) is 85.7 Å². The van der Waals surface area contributed by atoms with Crippen molar-refractivity contribution < 1.29 is 4.42 Å². The summed E-state index contributed by atoms with van der Waals surface area (Å²) >= 11 is 0. The van der Waals surface area contributed by atoms with Crippen LogP contribution in [0.5, 0.6) is 0 Å². The maximum Gasteiger partial charge on any atom is 0.138 e. The molecule has 0 bridgehead atoms. The summed E-state index contributed by atoms with van der Waals surface area (Å²) in [6, 6.07) is 21.0. The number of furan rings is 1. The average Bonchev–Trinajstić information content (AvgIpc) is 3.07. The van der Waals surface area contributed by atoms with E-state index in [4.69, 9.17) is 4.42 Å². The minimum Gasteiger partial charge on any atom is -0.455 e. The molecule has 2 atom stereocenters. The Kier molecular flexibility index (Phi) is 3.88. The third-order valence-electron chi connectivity index (χ3n) is 5.84. The minimum absolute atomic E-state index is 0.377. The van der Waals surface area contributed by atoms with E-state index in [-0.39, 0.29) is 0 Å². The molecule has 1 heteroatoms. The summed E-state index contributed by atoms with van der Waals surface area (Å²) in [4.78, 5) is 0. The molecule has 2 unspecified atom stereocenters. The van der Waals surface area contributed by atoms with Crippen molar-refractivity contribution in [3.63, 3.8) is 0 Å². The van der Waals surface area contributed by atoms with Gasteiger partial charge in [-0.15, -0.1) is 0 Å². The maximum atomic E-state index is 6.55. The van der Waals surface area contributed by atoms with Crippen LogP contribution in [-0.4, -0.2) is 0 Å². The first-order valence-electron chi connectivity index (χ1n) is 9.04. The number of rotatable bonds is 2. The lowest BCUT2D eigenvalue weighted by Crippen LogP contribution is -2.13. The smallest absolute Gasteiger partial charge is 0.138 e. The van der Waals surface area contributed by atoms with E-state index in [2.05, 4.69) is 88.4 Å². The molecule has 0 saturated heterocycles. The average molecular weight is 328 g/mol. The Balaban J connectivity index is 2.03. The summed E-state index contributed by atoms with van der Waals surface area (Å²) in [5.41, 5.74) is 7.98. The van der Waals surface area contributed by atoms with E-state index in [9.17, 15) is 0 Å². The monoisotopic (exact) mass is 328 g/mol. The van der Waals surface area contributed by atoms with E-state index >= 15 is 0 Å². The topological polar surface area (TPSA) is 13.1 Å². The normalized spacial score (nSPS) is 19.8. The van der Waals surface area contributed by atoms with Crippen LogP contribution in [0.25, 0.3) is 22.6 Å². The van der Waals surface area contributed by atoms with Crippen LogP contribution in [0.15, 0.2) is 76.2 Å². The van der Waals surface area contributed by atoms with E-state index < -0.39 is 0 Å². The Bertz CT molecular complexity index is 853. The van der Waals surface area contributed by atoms with Crippen molar-refractivity contribution in [1.82, 2.24) is 0 Å². The lowest BCUT2D eigenvalue weighted by molar-refractivity contribution is 0.590. The highest BCUT2D eigenvalue weighted by atomic mass is 16.3. The van der Waals surface area contributed by atoms with Crippen LogP contribution >= 0.6 is 0 Å². The highest BCUT2D eigenvalue weighted by Gasteiger charge is 2.34. The van der Waals surface area contributed by atoms with E-state index in [1.165, 1.54) is 22.3 Å². The van der Waals surface area contributed by atoms with Crippen LogP contribution in [-0.2, 0) is 0 Å². The molecule has 4 rings (SSSR count). The second-order valence-corrected chi connectivity index (χ2v) is 7.13. The van der Waals surface area contributed by atoms with Gasteiger partial charge in [0.05, 0.1) is 0 Å². The molecular weight excluding hydrogens is 304 g/mol. The van der Waals surface area contributed by atoms with Gasteiger partial charge in [0, 0.05) is 34.1 Å². The molecule has 0 aliphatic heterocycles. The Morgan fingerprint density at radius 1 is 0.600 bits per heavy atom. The second-order valence-electron chi connectivity index (χ2n) is 7.13. The van der Waals surface area contributed by atoms with Gasteiger partial charge in [-0.05, 0) is 13.8 Å². The Hall–Kier alpha value is -2.54. The van der Waals surface area contributed by atoms with Crippen molar-refractivity contribution >= 4 is 0 Å². The largest absolute Gasteiger partial charge is 0.455 e. The summed E-state index contributed by atoms with van der Waals surface area (Å²) in [5.74, 6) is 2.81. The zero-order chi connectivity index (χ0) is 17.6. The van der Waals surface area contributed by atoms with Gasteiger partial charge in [-0.3, -0.25) is 0 Å². The highest BCUT2D eigenvalue weighted by Crippen LogP contribution is 2.51. The van der Waals surface area contributed by atoms with Gasteiger partial charge in [0.1, 0.15) is 11.5 Å². The van der Waals surface area contributed by atoms with Crippen molar-refractivity contribution in [1.29, 1.82) is 0 Å². The molecule has 0 spiro atoms. The van der Waals surface area contributed by atoms with Gasteiger partial charge in [0.2, 0.25) is 0 Å². The summed E-state index contributed by atoms with van der Waals surface area (Å²) in [6.45, 7) is 9.15. The Morgan fingerprint density at radius 2 is 0.960 bits per heavy atom. The predicted octanol–water partition coefficient (Wildman–Crippen LogP) is 7.17. The number of hydrogen-bond acceptors (Lipinski definition) is 1. The Morgan fingerprint density at radius 3 is 1.32 bits per heavy atom. The Labute approximate surface area is 150 Å². The molecule has 0 saturated carbocycles. The number of allylic oxidation sites excluding steroid dienone is 2. The molecule has 0 N–H and O–H groups in total. The molecule has 0 radical (unpaired) electrons. The van der Waals surface area contributed by atoms with Gasteiger partial charge in [-0.2, -0.15) is 0 Å². The highest BCUT2D eigenvalue weighted by molar-refractivity contribution is 5.76. The van der Waals surface area contributed by atoms with Crippen LogP contribution in [0.2, 0.25) is 0 Å². The lowest BCUT2D eigenvalue weighted by Gasteiger charge is -2.28. The fourth-order valence-corrected chi connectivity index (χ4v) is 4.04. The molecule has 0 amide bonds. The van der Waals surface area contributed by atoms with Gasteiger partial charge in [-0.25, -0.2) is 0 Å². The van der Waals surface area contributed by atoms with Gasteiger partial charge in [0.25, 0.3) is 0 Å². The second kappa shape index (κ2) is 6.07. The van der Waals surface area contributed by atoms with Crippen molar-refractivity contribution in [3.05, 3.63) is 82.9 Å².